The van der Waals surface area contributed by atoms with E-state index in [1.807, 2.05) is 11.8 Å². The van der Waals surface area contributed by atoms with Gasteiger partial charge in [-0.25, -0.2) is 0 Å². The molecule has 12 heavy (non-hydrogen) atoms. The van der Waals surface area contributed by atoms with E-state index < -0.39 is 0 Å². The summed E-state index contributed by atoms with van der Waals surface area (Å²) in [6.07, 6.45) is 6.90. The Bertz CT molecular complexity index is 103. The summed E-state index contributed by atoms with van der Waals surface area (Å²) in [6, 6.07) is 0. The van der Waals surface area contributed by atoms with Crippen molar-refractivity contribution >= 4 is 11.8 Å². The van der Waals surface area contributed by atoms with Crippen LogP contribution in [0.2, 0.25) is 0 Å². The summed E-state index contributed by atoms with van der Waals surface area (Å²) in [5.41, 5.74) is 0. The number of thioether (sulfide) groups is 1. The van der Waals surface area contributed by atoms with Gasteiger partial charge in [-0.1, -0.05) is 0 Å². The Morgan fingerprint density at radius 1 is 1.50 bits per heavy atom. The van der Waals surface area contributed by atoms with E-state index in [4.69, 9.17) is 9.47 Å². The smallest absolute Gasteiger partial charge is 0.157 e. The van der Waals surface area contributed by atoms with Crippen LogP contribution < -0.4 is 0 Å². The molecule has 1 rings (SSSR count). The van der Waals surface area contributed by atoms with E-state index in [1.54, 1.807) is 0 Å². The summed E-state index contributed by atoms with van der Waals surface area (Å²) in [5, 5.41) is 0. The Labute approximate surface area is 79.0 Å². The molecule has 0 aromatic carbocycles. The first-order valence-corrected chi connectivity index (χ1v) is 6.05. The molecule has 0 aromatic rings. The molecule has 0 aliphatic carbocycles. The summed E-state index contributed by atoms with van der Waals surface area (Å²) in [6.45, 7) is 1.73. The lowest BCUT2D eigenvalue weighted by Crippen LogP contribution is -2.22. The van der Waals surface area contributed by atoms with E-state index in [0.717, 1.165) is 26.1 Å². The van der Waals surface area contributed by atoms with Gasteiger partial charge in [-0.3, -0.25) is 0 Å². The highest BCUT2D eigenvalue weighted by atomic mass is 32.2. The lowest BCUT2D eigenvalue weighted by Gasteiger charge is -2.22. The second-order valence-corrected chi connectivity index (χ2v) is 4.00. The third-order valence-corrected chi connectivity index (χ3v) is 2.63. The van der Waals surface area contributed by atoms with Crippen LogP contribution in [0, 0.1) is 0 Å². The van der Waals surface area contributed by atoms with Gasteiger partial charge in [0.05, 0.1) is 6.61 Å². The third kappa shape index (κ3) is 4.33. The first-order valence-electron chi connectivity index (χ1n) is 4.65. The monoisotopic (exact) mass is 190 g/mol. The second kappa shape index (κ2) is 6.75. The number of ether oxygens (including phenoxy) is 2. The van der Waals surface area contributed by atoms with Crippen LogP contribution in [0.4, 0.5) is 0 Å². The van der Waals surface area contributed by atoms with Gasteiger partial charge in [0, 0.05) is 6.61 Å². The Morgan fingerprint density at radius 3 is 3.08 bits per heavy atom. The highest BCUT2D eigenvalue weighted by Crippen LogP contribution is 2.13. The van der Waals surface area contributed by atoms with E-state index in [1.165, 1.54) is 18.6 Å². The fourth-order valence-corrected chi connectivity index (χ4v) is 1.67. The Hall–Kier alpha value is 0.270. The van der Waals surface area contributed by atoms with Crippen molar-refractivity contribution in [3.63, 3.8) is 0 Å². The first-order chi connectivity index (χ1) is 5.93. The fraction of sp³-hybridized carbons (Fsp3) is 1.00. The average molecular weight is 190 g/mol. The molecule has 0 aromatic heterocycles. The van der Waals surface area contributed by atoms with Crippen molar-refractivity contribution < 1.29 is 9.47 Å². The molecular weight excluding hydrogens is 172 g/mol. The quantitative estimate of drug-likeness (QED) is 0.620. The molecule has 0 spiro atoms. The van der Waals surface area contributed by atoms with Crippen LogP contribution in [-0.4, -0.2) is 31.5 Å². The van der Waals surface area contributed by atoms with Crippen LogP contribution in [0.1, 0.15) is 25.7 Å². The highest BCUT2D eigenvalue weighted by molar-refractivity contribution is 7.98. The standard InChI is InChI=1S/C9H18O2S/c1-12-8-4-7-11-9-5-2-3-6-10-9/h9H,2-8H2,1H3. The lowest BCUT2D eigenvalue weighted by molar-refractivity contribution is -0.162. The zero-order valence-electron chi connectivity index (χ0n) is 7.75. The maximum absolute atomic E-state index is 5.55. The van der Waals surface area contributed by atoms with Gasteiger partial charge in [0.1, 0.15) is 0 Å². The minimum atomic E-state index is 0.0978. The van der Waals surface area contributed by atoms with Gasteiger partial charge in [-0.05, 0) is 37.7 Å². The van der Waals surface area contributed by atoms with E-state index in [2.05, 4.69) is 6.26 Å². The van der Waals surface area contributed by atoms with Gasteiger partial charge >= 0.3 is 0 Å². The summed E-state index contributed by atoms with van der Waals surface area (Å²) in [7, 11) is 0. The number of rotatable bonds is 5. The molecule has 0 bridgehead atoms. The first kappa shape index (κ1) is 10.4. The van der Waals surface area contributed by atoms with E-state index in [0.29, 0.717) is 0 Å². The van der Waals surface area contributed by atoms with Gasteiger partial charge in [0.25, 0.3) is 0 Å². The van der Waals surface area contributed by atoms with Gasteiger partial charge in [0.15, 0.2) is 6.29 Å². The predicted octanol–water partition coefficient (Wildman–Crippen LogP) is 2.28. The van der Waals surface area contributed by atoms with Crippen molar-refractivity contribution in [2.24, 2.45) is 0 Å². The molecule has 0 N–H and O–H groups in total. The molecule has 1 unspecified atom stereocenters. The normalized spacial score (nSPS) is 24.2. The maximum Gasteiger partial charge on any atom is 0.157 e. The van der Waals surface area contributed by atoms with E-state index >= 15 is 0 Å². The molecule has 1 aliphatic heterocycles. The molecule has 0 saturated carbocycles. The van der Waals surface area contributed by atoms with Crippen LogP contribution in [0.15, 0.2) is 0 Å². The SMILES string of the molecule is CSCCCOC1CCCCO1. The van der Waals surface area contributed by atoms with Crippen molar-refractivity contribution in [1.29, 1.82) is 0 Å². The highest BCUT2D eigenvalue weighted by Gasteiger charge is 2.12. The summed E-state index contributed by atoms with van der Waals surface area (Å²) < 4.78 is 11.0. The lowest BCUT2D eigenvalue weighted by atomic mass is 10.2. The van der Waals surface area contributed by atoms with Gasteiger partial charge in [-0.15, -0.1) is 0 Å². The topological polar surface area (TPSA) is 18.5 Å². The van der Waals surface area contributed by atoms with E-state index in [-0.39, 0.29) is 6.29 Å². The minimum absolute atomic E-state index is 0.0978. The van der Waals surface area contributed by atoms with Gasteiger partial charge in [0.2, 0.25) is 0 Å². The van der Waals surface area contributed by atoms with Crippen LogP contribution in [-0.2, 0) is 9.47 Å². The molecule has 1 fully saturated rings. The van der Waals surface area contributed by atoms with Crippen molar-refractivity contribution in [3.05, 3.63) is 0 Å². The summed E-state index contributed by atoms with van der Waals surface area (Å²) in [5.74, 6) is 1.19. The maximum atomic E-state index is 5.55. The van der Waals surface area contributed by atoms with Crippen LogP contribution in [0.5, 0.6) is 0 Å². The Kier molecular flexibility index (Phi) is 5.82. The summed E-state index contributed by atoms with van der Waals surface area (Å²) in [4.78, 5) is 0. The molecule has 1 heterocycles. The zero-order chi connectivity index (χ0) is 8.65. The van der Waals surface area contributed by atoms with Crippen molar-refractivity contribution in [1.82, 2.24) is 0 Å². The van der Waals surface area contributed by atoms with Crippen LogP contribution in [0.25, 0.3) is 0 Å². The van der Waals surface area contributed by atoms with Gasteiger partial charge in [-0.2, -0.15) is 11.8 Å². The predicted molar refractivity (Wildman–Crippen MR) is 52.5 cm³/mol. The Balaban J connectivity index is 1.91. The molecule has 3 heteroatoms. The number of hydrogen-bond acceptors (Lipinski definition) is 3. The largest absolute Gasteiger partial charge is 0.353 e. The number of hydrogen-bond donors (Lipinski definition) is 0. The average Bonchev–Trinajstić information content (AvgIpc) is 2.14. The van der Waals surface area contributed by atoms with Crippen LogP contribution >= 0.6 is 11.8 Å². The van der Waals surface area contributed by atoms with Crippen molar-refractivity contribution in [2.45, 2.75) is 32.0 Å². The molecule has 0 radical (unpaired) electrons. The molecule has 2 nitrogen and oxygen atoms in total. The molecule has 0 amide bonds. The molecule has 1 aliphatic rings. The fourth-order valence-electron chi connectivity index (χ4n) is 1.26. The zero-order valence-corrected chi connectivity index (χ0v) is 8.57. The minimum Gasteiger partial charge on any atom is -0.353 e. The molecule has 1 atom stereocenters. The Morgan fingerprint density at radius 2 is 2.42 bits per heavy atom. The second-order valence-electron chi connectivity index (χ2n) is 3.01. The van der Waals surface area contributed by atoms with Crippen LogP contribution in [0.3, 0.4) is 0 Å². The van der Waals surface area contributed by atoms with Crippen molar-refractivity contribution in [2.75, 3.05) is 25.2 Å². The third-order valence-electron chi connectivity index (χ3n) is 1.93. The summed E-state index contributed by atoms with van der Waals surface area (Å²) >= 11 is 1.87. The molecule has 1 saturated heterocycles. The van der Waals surface area contributed by atoms with Crippen molar-refractivity contribution in [3.8, 4) is 0 Å². The molecule has 72 valence electrons. The van der Waals surface area contributed by atoms with Gasteiger partial charge < -0.3 is 9.47 Å². The molecular formula is C9H18O2S. The van der Waals surface area contributed by atoms with E-state index in [9.17, 15) is 0 Å².